The van der Waals surface area contributed by atoms with Gasteiger partial charge in [-0.15, -0.1) is 13.2 Å². The van der Waals surface area contributed by atoms with Crippen LogP contribution < -0.4 is 21.1 Å². The molecule has 9 nitrogen and oxygen atoms in total. The molecule has 186 valence electrons. The lowest BCUT2D eigenvalue weighted by molar-refractivity contribution is -0.274. The Morgan fingerprint density at radius 3 is 2.57 bits per heavy atom. The molecule has 0 spiro atoms. The normalized spacial score (nSPS) is 12.1. The van der Waals surface area contributed by atoms with Crippen molar-refractivity contribution in [2.75, 3.05) is 25.5 Å². The van der Waals surface area contributed by atoms with E-state index in [-0.39, 0.29) is 18.2 Å². The molecule has 0 aliphatic carbocycles. The fourth-order valence-corrected chi connectivity index (χ4v) is 3.92. The molecule has 1 atom stereocenters. The summed E-state index contributed by atoms with van der Waals surface area (Å²) < 4.78 is 41.4. The van der Waals surface area contributed by atoms with Crippen LogP contribution in [0.3, 0.4) is 0 Å². The van der Waals surface area contributed by atoms with E-state index in [1.54, 1.807) is 0 Å². The molecular formula is C22H22F3N5O4S. The van der Waals surface area contributed by atoms with Gasteiger partial charge in [-0.2, -0.15) is 0 Å². The highest BCUT2D eigenvalue weighted by Gasteiger charge is 2.31. The molecule has 0 saturated carbocycles. The zero-order valence-electron chi connectivity index (χ0n) is 18.5. The Labute approximate surface area is 202 Å². The highest BCUT2D eigenvalue weighted by molar-refractivity contribution is 7.22. The lowest BCUT2D eigenvalue weighted by Gasteiger charge is -2.18. The molecule has 13 heteroatoms. The Morgan fingerprint density at radius 2 is 1.89 bits per heavy atom. The van der Waals surface area contributed by atoms with E-state index in [9.17, 15) is 27.6 Å². The number of anilines is 1. The summed E-state index contributed by atoms with van der Waals surface area (Å²) in [5, 5.41) is 5.10. The summed E-state index contributed by atoms with van der Waals surface area (Å²) in [6.45, 7) is -0.669. The largest absolute Gasteiger partial charge is 0.573 e. The zero-order valence-corrected chi connectivity index (χ0v) is 19.3. The lowest BCUT2D eigenvalue weighted by Crippen LogP contribution is -2.47. The van der Waals surface area contributed by atoms with Crippen LogP contribution in [0.15, 0.2) is 48.5 Å². The molecule has 35 heavy (non-hydrogen) atoms. The van der Waals surface area contributed by atoms with Gasteiger partial charge >= 0.3 is 6.36 Å². The number of benzene rings is 2. The molecule has 3 aromatic rings. The van der Waals surface area contributed by atoms with E-state index in [1.807, 2.05) is 30.3 Å². The molecule has 0 saturated heterocycles. The number of hydrogen-bond acceptors (Lipinski definition) is 7. The SMILES string of the molecule is CN(CC(=O)Nc1nc2ccc(OC(F)(F)F)cc2s1)C(=O)CNC(=O)[C@@H](N)Cc1ccccc1. The van der Waals surface area contributed by atoms with Crippen molar-refractivity contribution >= 4 is 44.4 Å². The lowest BCUT2D eigenvalue weighted by atomic mass is 10.1. The maximum Gasteiger partial charge on any atom is 0.573 e. The summed E-state index contributed by atoms with van der Waals surface area (Å²) in [6.07, 6.45) is -4.51. The Morgan fingerprint density at radius 1 is 1.17 bits per heavy atom. The van der Waals surface area contributed by atoms with E-state index in [2.05, 4.69) is 20.4 Å². The standard InChI is InChI=1S/C22H22F3N5O4S/c1-30(19(32)11-27-20(33)15(26)9-13-5-3-2-4-6-13)12-18(31)29-21-28-16-8-7-14(10-17(16)35-21)34-22(23,24)25/h2-8,10,15H,9,11-12,26H2,1H3,(H,27,33)(H,28,29,31)/t15-/m0/s1. The predicted octanol–water partition coefficient (Wildman–Crippen LogP) is 2.28. The van der Waals surface area contributed by atoms with Gasteiger partial charge in [0.15, 0.2) is 5.13 Å². The number of carbonyl (C=O) groups excluding carboxylic acids is 3. The topological polar surface area (TPSA) is 127 Å². The molecule has 4 N–H and O–H groups in total. The van der Waals surface area contributed by atoms with Gasteiger partial charge in [-0.25, -0.2) is 4.98 Å². The van der Waals surface area contributed by atoms with Crippen LogP contribution in [0.5, 0.6) is 5.75 Å². The molecule has 2 aromatic carbocycles. The number of alkyl halides is 3. The molecule has 3 amide bonds. The van der Waals surface area contributed by atoms with Gasteiger partial charge in [-0.1, -0.05) is 41.7 Å². The maximum atomic E-state index is 12.4. The number of nitrogens with two attached hydrogens (primary N) is 1. The van der Waals surface area contributed by atoms with Gasteiger partial charge in [-0.05, 0) is 24.1 Å². The van der Waals surface area contributed by atoms with Gasteiger partial charge in [0.2, 0.25) is 17.7 Å². The van der Waals surface area contributed by atoms with Crippen molar-refractivity contribution in [2.45, 2.75) is 18.8 Å². The van der Waals surface area contributed by atoms with Gasteiger partial charge in [0, 0.05) is 13.1 Å². The fraction of sp³-hybridized carbons (Fsp3) is 0.273. The van der Waals surface area contributed by atoms with Crippen LogP contribution in [0.25, 0.3) is 10.2 Å². The quantitative estimate of drug-likeness (QED) is 0.406. The summed E-state index contributed by atoms with van der Waals surface area (Å²) in [7, 11) is 1.39. The molecule has 0 unspecified atom stereocenters. The summed E-state index contributed by atoms with van der Waals surface area (Å²) in [5.74, 6) is -1.98. The van der Waals surface area contributed by atoms with Crippen molar-refractivity contribution in [3.8, 4) is 5.75 Å². The molecule has 0 fully saturated rings. The molecule has 1 aromatic heterocycles. The number of likely N-dealkylation sites (N-methyl/N-ethyl adjacent to an activating group) is 1. The molecule has 1 heterocycles. The fourth-order valence-electron chi connectivity index (χ4n) is 3.01. The Hall–Kier alpha value is -3.71. The van der Waals surface area contributed by atoms with Crippen LogP contribution in [0.2, 0.25) is 0 Å². The average Bonchev–Trinajstić information content (AvgIpc) is 3.17. The molecule has 0 radical (unpaired) electrons. The summed E-state index contributed by atoms with van der Waals surface area (Å²) in [6, 6.07) is 12.0. The Bertz CT molecular complexity index is 1200. The van der Waals surface area contributed by atoms with Gasteiger partial charge in [0.1, 0.15) is 5.75 Å². The number of carbonyl (C=O) groups is 3. The zero-order chi connectivity index (χ0) is 25.6. The van der Waals surface area contributed by atoms with Gasteiger partial charge in [0.25, 0.3) is 0 Å². The number of thiazole rings is 1. The minimum atomic E-state index is -4.82. The molecular weight excluding hydrogens is 487 g/mol. The highest BCUT2D eigenvalue weighted by Crippen LogP contribution is 2.31. The number of halogens is 3. The number of hydrogen-bond donors (Lipinski definition) is 3. The third kappa shape index (κ3) is 7.93. The second kappa shape index (κ2) is 11.1. The van der Waals surface area contributed by atoms with Crippen molar-refractivity contribution in [1.29, 1.82) is 0 Å². The number of rotatable bonds is 9. The van der Waals surface area contributed by atoms with E-state index < -0.39 is 35.9 Å². The second-order valence-electron chi connectivity index (χ2n) is 7.51. The van der Waals surface area contributed by atoms with Crippen LogP contribution in [0.4, 0.5) is 18.3 Å². The van der Waals surface area contributed by atoms with Crippen LogP contribution >= 0.6 is 11.3 Å². The molecule has 3 rings (SSSR count). The third-order valence-electron chi connectivity index (χ3n) is 4.70. The average molecular weight is 510 g/mol. The molecule has 0 bridgehead atoms. The molecule has 0 aliphatic heterocycles. The van der Waals surface area contributed by atoms with Crippen molar-refractivity contribution < 1.29 is 32.3 Å². The van der Waals surface area contributed by atoms with Crippen LogP contribution in [0.1, 0.15) is 5.56 Å². The first-order chi connectivity index (χ1) is 16.5. The van der Waals surface area contributed by atoms with E-state index >= 15 is 0 Å². The van der Waals surface area contributed by atoms with E-state index in [0.29, 0.717) is 16.6 Å². The Balaban J connectivity index is 1.47. The minimum Gasteiger partial charge on any atom is -0.406 e. The highest BCUT2D eigenvalue weighted by atomic mass is 32.1. The Kier molecular flexibility index (Phi) is 8.25. The maximum absolute atomic E-state index is 12.4. The summed E-state index contributed by atoms with van der Waals surface area (Å²) in [5.41, 5.74) is 7.14. The summed E-state index contributed by atoms with van der Waals surface area (Å²) in [4.78, 5) is 42.0. The van der Waals surface area contributed by atoms with Crippen LogP contribution in [-0.4, -0.2) is 60.1 Å². The minimum absolute atomic E-state index is 0.148. The van der Waals surface area contributed by atoms with Crippen molar-refractivity contribution in [1.82, 2.24) is 15.2 Å². The van der Waals surface area contributed by atoms with Crippen molar-refractivity contribution in [2.24, 2.45) is 5.73 Å². The van der Waals surface area contributed by atoms with Gasteiger partial charge in [0.05, 0.1) is 29.3 Å². The number of amides is 3. The number of aromatic nitrogens is 1. The first-order valence-electron chi connectivity index (χ1n) is 10.3. The van der Waals surface area contributed by atoms with Crippen LogP contribution in [-0.2, 0) is 20.8 Å². The smallest absolute Gasteiger partial charge is 0.406 e. The van der Waals surface area contributed by atoms with E-state index in [4.69, 9.17) is 5.73 Å². The first-order valence-corrected chi connectivity index (χ1v) is 11.1. The number of fused-ring (bicyclic) bond motifs is 1. The number of ether oxygens (including phenoxy) is 1. The van der Waals surface area contributed by atoms with E-state index in [1.165, 1.54) is 13.1 Å². The first kappa shape index (κ1) is 25.9. The van der Waals surface area contributed by atoms with Crippen molar-refractivity contribution in [3.05, 3.63) is 54.1 Å². The van der Waals surface area contributed by atoms with Gasteiger partial charge in [-0.3, -0.25) is 14.4 Å². The van der Waals surface area contributed by atoms with Gasteiger partial charge < -0.3 is 26.0 Å². The third-order valence-corrected chi connectivity index (χ3v) is 5.63. The van der Waals surface area contributed by atoms with Crippen LogP contribution in [0, 0.1) is 0 Å². The number of nitrogens with zero attached hydrogens (tertiary/aromatic N) is 2. The monoisotopic (exact) mass is 509 g/mol. The summed E-state index contributed by atoms with van der Waals surface area (Å²) >= 11 is 0.955. The molecule has 0 aliphatic rings. The van der Waals surface area contributed by atoms with Crippen molar-refractivity contribution in [3.63, 3.8) is 0 Å². The second-order valence-corrected chi connectivity index (χ2v) is 8.54. The van der Waals surface area contributed by atoms with E-state index in [0.717, 1.165) is 33.9 Å². The predicted molar refractivity (Wildman–Crippen MR) is 124 cm³/mol. The number of nitrogens with one attached hydrogen (secondary N) is 2.